The van der Waals surface area contributed by atoms with E-state index in [1.54, 1.807) is 0 Å². The summed E-state index contributed by atoms with van der Waals surface area (Å²) >= 11 is 0. The Morgan fingerprint density at radius 2 is 0.721 bits per heavy atom. The van der Waals surface area contributed by atoms with E-state index in [4.69, 9.17) is 0 Å². The van der Waals surface area contributed by atoms with Crippen molar-refractivity contribution in [3.8, 4) is 0 Å². The molecule has 254 valence electrons. The van der Waals surface area contributed by atoms with Crippen molar-refractivity contribution < 1.29 is 102 Å². The van der Waals surface area contributed by atoms with Crippen LogP contribution in [0.25, 0.3) is 0 Å². The molecule has 0 rings (SSSR count). The maximum absolute atomic E-state index is 14.4. The van der Waals surface area contributed by atoms with Gasteiger partial charge in [0, 0.05) is 33.6 Å². The first-order chi connectivity index (χ1) is 18.4. The van der Waals surface area contributed by atoms with Crippen LogP contribution in [-0.4, -0.2) is 110 Å². The van der Waals surface area contributed by atoms with E-state index < -0.39 is 122 Å². The molecule has 0 atom stereocenters. The molecule has 0 aromatic carbocycles. The molecule has 0 fully saturated rings. The lowest BCUT2D eigenvalue weighted by molar-refractivity contribution is -0.422. The lowest BCUT2D eigenvalue weighted by Gasteiger charge is -2.50. The summed E-state index contributed by atoms with van der Waals surface area (Å²) in [6.07, 6.45) is -30.6. The van der Waals surface area contributed by atoms with Crippen LogP contribution in [0, 0.1) is 0 Å². The van der Waals surface area contributed by atoms with Gasteiger partial charge in [-0.2, -0.15) is 87.8 Å². The second kappa shape index (κ2) is 11.3. The zero-order valence-corrected chi connectivity index (χ0v) is 21.5. The minimum atomic E-state index is -8.17. The molecule has 0 bridgehead atoms. The summed E-state index contributed by atoms with van der Waals surface area (Å²) in [7, 11) is -8.57. The maximum Gasteiger partial charge on any atom is 0.470 e. The Morgan fingerprint density at radius 3 is 0.930 bits per heavy atom. The predicted octanol–water partition coefficient (Wildman–Crippen LogP) is 5.48. The van der Waals surface area contributed by atoms with E-state index in [1.165, 1.54) is 0 Å². The Morgan fingerprint density at radius 1 is 0.465 bits per heavy atom. The first-order valence-electron chi connectivity index (χ1n) is 10.0. The average molecular weight is 703 g/mol. The number of carbonyl (C=O) groups excluding carboxylic acids is 3. The molecule has 0 saturated carbocycles. The molecule has 0 radical (unpaired) electrons. The first kappa shape index (κ1) is 40.2. The number of alkyl halides is 20. The highest BCUT2D eigenvalue weighted by atomic mass is 28.4. The van der Waals surface area contributed by atoms with E-state index >= 15 is 0 Å². The molecular weight excluding hydrogens is 690 g/mol. The van der Waals surface area contributed by atoms with Crippen LogP contribution in [-0.2, 0) is 14.4 Å². The molecule has 0 unspecified atom stereocenters. The highest BCUT2D eigenvalue weighted by Crippen LogP contribution is 2.58. The summed E-state index contributed by atoms with van der Waals surface area (Å²) in [5.41, 5.74) is 0. The highest BCUT2D eigenvalue weighted by Gasteiger charge is 2.87. The van der Waals surface area contributed by atoms with Crippen LogP contribution in [0.1, 0.15) is 6.42 Å². The summed E-state index contributed by atoms with van der Waals surface area (Å²) < 4.78 is 261. The number of amides is 3. The number of halogens is 20. The van der Waals surface area contributed by atoms with Crippen LogP contribution in [0.2, 0.25) is 6.04 Å². The lowest BCUT2D eigenvalue weighted by Crippen LogP contribution is -2.78. The Balaban J connectivity index is 7.62. The maximum atomic E-state index is 14.4. The van der Waals surface area contributed by atoms with Gasteiger partial charge in [-0.15, -0.1) is 0 Å². The molecule has 0 aliphatic carbocycles. The van der Waals surface area contributed by atoms with Gasteiger partial charge in [0.05, 0.1) is 0 Å². The van der Waals surface area contributed by atoms with Gasteiger partial charge in [-0.25, -0.2) is 0 Å². The van der Waals surface area contributed by atoms with E-state index in [0.29, 0.717) is 0 Å². The smallest absolute Gasteiger partial charge is 0.330 e. The van der Waals surface area contributed by atoms with Crippen molar-refractivity contribution >= 4 is 26.3 Å². The van der Waals surface area contributed by atoms with Gasteiger partial charge in [0.2, 0.25) is 0 Å². The van der Waals surface area contributed by atoms with Gasteiger partial charge in [0.15, 0.2) is 0 Å². The number of hydrogen-bond donors (Lipinski definition) is 0. The SMILES string of the molecule is CN(C(=O)C(F)(F)F)[Si](CCC(F)(F)C(F)(F)C(F)(F)C(F)(F)C(F)(F)F)(N(C)C(=O)C(F)(F)F)N(C)C(=O)C(F)(F)F. The minimum Gasteiger partial charge on any atom is -0.330 e. The third-order valence-corrected chi connectivity index (χ3v) is 10.4. The number of hydrogen-bond acceptors (Lipinski definition) is 3. The monoisotopic (exact) mass is 703 g/mol. The fourth-order valence-corrected chi connectivity index (χ4v) is 7.68. The first-order valence-corrected chi connectivity index (χ1v) is 12.1. The number of nitrogens with zero attached hydrogens (tertiary/aromatic N) is 3. The predicted molar refractivity (Wildman–Crippen MR) is 97.5 cm³/mol. The van der Waals surface area contributed by atoms with Crippen molar-refractivity contribution in [3.05, 3.63) is 0 Å². The highest BCUT2D eigenvalue weighted by molar-refractivity contribution is 6.78. The molecule has 0 aliphatic heterocycles. The fraction of sp³-hybridized carbons (Fsp3) is 0.812. The van der Waals surface area contributed by atoms with Gasteiger partial charge < -0.3 is 13.7 Å². The second-order valence-corrected chi connectivity index (χ2v) is 12.3. The molecule has 0 aromatic rings. The lowest BCUT2D eigenvalue weighted by atomic mass is 9.96. The topological polar surface area (TPSA) is 60.9 Å². The number of carbonyl (C=O) groups is 3. The summed E-state index contributed by atoms with van der Waals surface area (Å²) in [4.78, 5) is 35.4. The third kappa shape index (κ3) is 6.98. The van der Waals surface area contributed by atoms with Crippen molar-refractivity contribution in [1.82, 2.24) is 13.7 Å². The number of rotatable bonds is 9. The van der Waals surface area contributed by atoms with Gasteiger partial charge in [0.25, 0.3) is 0 Å². The largest absolute Gasteiger partial charge is 0.470 e. The summed E-state index contributed by atoms with van der Waals surface area (Å²) in [5.74, 6) is -42.2. The Kier molecular flexibility index (Phi) is 10.6. The standard InChI is InChI=1S/C16H13F20N3O3Si/c1-37(6(40)10(19,20)21)43(38(2)7(41)11(22,23)24,39(3)8(42)12(25,26)27)5-4-9(17,18)13(28,29)14(30,31)15(32,33)16(34,35)36/h4-5H2,1-3H3. The molecule has 43 heavy (non-hydrogen) atoms. The zero-order chi connectivity index (χ0) is 35.4. The van der Waals surface area contributed by atoms with Crippen LogP contribution >= 0.6 is 0 Å². The normalized spacial score (nSPS) is 14.9. The Hall–Kier alpha value is -2.77. The van der Waals surface area contributed by atoms with E-state index in [9.17, 15) is 102 Å². The molecule has 0 saturated heterocycles. The zero-order valence-electron chi connectivity index (χ0n) is 20.5. The Bertz CT molecular complexity index is 985. The van der Waals surface area contributed by atoms with Gasteiger partial charge in [0.1, 0.15) is 0 Å². The summed E-state index contributed by atoms with van der Waals surface area (Å²) in [5, 5.41) is 0. The average Bonchev–Trinajstić information content (AvgIpc) is 2.79. The fourth-order valence-electron chi connectivity index (χ4n) is 3.32. The quantitative estimate of drug-likeness (QED) is 0.236. The van der Waals surface area contributed by atoms with E-state index in [1.807, 2.05) is 0 Å². The van der Waals surface area contributed by atoms with Gasteiger partial charge in [-0.1, -0.05) is 0 Å². The molecule has 0 aromatic heterocycles. The van der Waals surface area contributed by atoms with Crippen LogP contribution in [0.5, 0.6) is 0 Å². The van der Waals surface area contributed by atoms with Crippen molar-refractivity contribution in [2.24, 2.45) is 0 Å². The van der Waals surface area contributed by atoms with Crippen LogP contribution in [0.3, 0.4) is 0 Å². The van der Waals surface area contributed by atoms with Crippen molar-refractivity contribution in [3.63, 3.8) is 0 Å². The molecule has 0 heterocycles. The minimum absolute atomic E-state index is 0.481. The van der Waals surface area contributed by atoms with Crippen molar-refractivity contribution in [2.75, 3.05) is 21.1 Å². The van der Waals surface area contributed by atoms with Crippen LogP contribution < -0.4 is 0 Å². The van der Waals surface area contributed by atoms with Crippen LogP contribution in [0.4, 0.5) is 87.8 Å². The molecule has 0 spiro atoms. The van der Waals surface area contributed by atoms with E-state index in [0.717, 1.165) is 0 Å². The van der Waals surface area contributed by atoms with E-state index in [2.05, 4.69) is 0 Å². The van der Waals surface area contributed by atoms with Crippen LogP contribution in [0.15, 0.2) is 0 Å². The summed E-state index contributed by atoms with van der Waals surface area (Å²) in [6.45, 7) is 0. The molecular formula is C16H13F20N3O3Si. The molecule has 27 heteroatoms. The second-order valence-electron chi connectivity index (χ2n) is 8.29. The molecule has 3 amide bonds. The van der Waals surface area contributed by atoms with Gasteiger partial charge in [-0.05, 0) is 0 Å². The molecule has 0 N–H and O–H groups in total. The van der Waals surface area contributed by atoms with Crippen molar-refractivity contribution in [1.29, 1.82) is 0 Å². The molecule has 6 nitrogen and oxygen atoms in total. The third-order valence-electron chi connectivity index (χ3n) is 5.63. The summed E-state index contributed by atoms with van der Waals surface area (Å²) in [6, 6.07) is -3.04. The van der Waals surface area contributed by atoms with Gasteiger partial charge >= 0.3 is 74.7 Å². The van der Waals surface area contributed by atoms with Crippen molar-refractivity contribution in [2.45, 2.75) is 60.9 Å². The van der Waals surface area contributed by atoms with E-state index in [-0.39, 0.29) is 0 Å². The molecule has 0 aliphatic rings. The van der Waals surface area contributed by atoms with Gasteiger partial charge in [-0.3, -0.25) is 14.4 Å². The Labute approximate surface area is 225 Å².